The van der Waals surface area contributed by atoms with Crippen molar-refractivity contribution in [1.29, 1.82) is 0 Å². The molecule has 3 N–H and O–H groups in total. The van der Waals surface area contributed by atoms with Gasteiger partial charge in [0.25, 0.3) is 11.5 Å². The van der Waals surface area contributed by atoms with Gasteiger partial charge in [0.05, 0.1) is 0 Å². The summed E-state index contributed by atoms with van der Waals surface area (Å²) in [4.78, 5) is 52.0. The highest BCUT2D eigenvalue weighted by Gasteiger charge is 2.41. The molecule has 1 saturated heterocycles. The predicted molar refractivity (Wildman–Crippen MR) is 65.8 cm³/mol. The number of piperazine rings is 1. The Morgan fingerprint density at radius 1 is 1.26 bits per heavy atom. The topological polar surface area (TPSA) is 115 Å². The maximum Gasteiger partial charge on any atom is 0.326 e. The Kier molecular flexibility index (Phi) is 3.01. The van der Waals surface area contributed by atoms with Crippen LogP contribution in [0.3, 0.4) is 0 Å². The number of amides is 2. The number of nitrogens with one attached hydrogen (secondary N) is 3. The fourth-order valence-corrected chi connectivity index (χ4v) is 1.98. The lowest BCUT2D eigenvalue weighted by atomic mass is 9.98. The quantitative estimate of drug-likeness (QED) is 0.568. The van der Waals surface area contributed by atoms with Crippen molar-refractivity contribution in [3.8, 4) is 0 Å². The van der Waals surface area contributed by atoms with Gasteiger partial charge in [-0.2, -0.15) is 0 Å². The lowest BCUT2D eigenvalue weighted by molar-refractivity contribution is -0.133. The van der Waals surface area contributed by atoms with Crippen molar-refractivity contribution in [2.45, 2.75) is 19.4 Å². The van der Waals surface area contributed by atoms with Crippen molar-refractivity contribution in [2.24, 2.45) is 0 Å². The number of aromatic nitrogens is 2. The molecular weight excluding hydrogens is 252 g/mol. The first-order valence-electron chi connectivity index (χ1n) is 5.76. The number of carbonyl (C=O) groups is 2. The zero-order valence-corrected chi connectivity index (χ0v) is 10.6. The Labute approximate surface area is 107 Å². The van der Waals surface area contributed by atoms with Crippen LogP contribution in [0, 0.1) is 0 Å². The molecule has 1 aliphatic rings. The zero-order chi connectivity index (χ0) is 14.2. The molecule has 0 aliphatic carbocycles. The van der Waals surface area contributed by atoms with Gasteiger partial charge in [-0.05, 0) is 13.8 Å². The third-order valence-corrected chi connectivity index (χ3v) is 3.09. The second-order valence-electron chi connectivity index (χ2n) is 4.77. The maximum absolute atomic E-state index is 12.3. The summed E-state index contributed by atoms with van der Waals surface area (Å²) in [6.07, 6.45) is 0. The van der Waals surface area contributed by atoms with Gasteiger partial charge in [-0.25, -0.2) is 4.79 Å². The van der Waals surface area contributed by atoms with Gasteiger partial charge < -0.3 is 15.2 Å². The summed E-state index contributed by atoms with van der Waals surface area (Å²) >= 11 is 0. The second kappa shape index (κ2) is 4.38. The Balaban J connectivity index is 2.41. The predicted octanol–water partition coefficient (Wildman–Crippen LogP) is -1.59. The average Bonchev–Trinajstić information content (AvgIpc) is 2.30. The minimum atomic E-state index is -1.03. The van der Waals surface area contributed by atoms with E-state index in [-0.39, 0.29) is 11.6 Å². The number of nitrogens with zero attached hydrogens (tertiary/aromatic N) is 1. The molecule has 1 aromatic heterocycles. The third kappa shape index (κ3) is 2.28. The van der Waals surface area contributed by atoms with E-state index in [4.69, 9.17) is 0 Å². The molecule has 0 radical (unpaired) electrons. The Hall–Kier alpha value is -2.38. The van der Waals surface area contributed by atoms with Crippen LogP contribution in [0.2, 0.25) is 0 Å². The maximum atomic E-state index is 12.3. The molecular formula is C11H14N4O4. The molecule has 0 aromatic carbocycles. The molecule has 2 heterocycles. The molecule has 8 nitrogen and oxygen atoms in total. The molecule has 2 amide bonds. The standard InChI is InChI=1S/C11H14N4O4/c1-11(2)9(18)12-3-4-15(11)8(17)6-5-7(16)14-10(19)13-6/h5H,3-4H2,1-2H3,(H,12,18)(H2,13,14,16,19). The number of hydrogen-bond donors (Lipinski definition) is 3. The van der Waals surface area contributed by atoms with Gasteiger partial charge in [0, 0.05) is 19.2 Å². The van der Waals surface area contributed by atoms with Gasteiger partial charge in [-0.1, -0.05) is 0 Å². The monoisotopic (exact) mass is 266 g/mol. The first kappa shape index (κ1) is 13.1. The van der Waals surface area contributed by atoms with Crippen molar-refractivity contribution < 1.29 is 9.59 Å². The fraction of sp³-hybridized carbons (Fsp3) is 0.455. The summed E-state index contributed by atoms with van der Waals surface area (Å²) < 4.78 is 0. The van der Waals surface area contributed by atoms with Crippen LogP contribution in [-0.2, 0) is 4.79 Å². The van der Waals surface area contributed by atoms with Gasteiger partial charge in [-0.15, -0.1) is 0 Å². The molecule has 8 heteroatoms. The Morgan fingerprint density at radius 3 is 2.58 bits per heavy atom. The summed E-state index contributed by atoms with van der Waals surface area (Å²) in [5, 5.41) is 2.66. The molecule has 1 aromatic rings. The summed E-state index contributed by atoms with van der Waals surface area (Å²) in [6.45, 7) is 3.85. The average molecular weight is 266 g/mol. The summed E-state index contributed by atoms with van der Waals surface area (Å²) in [6, 6.07) is 1.01. The summed E-state index contributed by atoms with van der Waals surface area (Å²) in [7, 11) is 0. The number of carbonyl (C=O) groups excluding carboxylic acids is 2. The molecule has 0 spiro atoms. The van der Waals surface area contributed by atoms with E-state index in [1.165, 1.54) is 4.90 Å². The van der Waals surface area contributed by atoms with Crippen LogP contribution in [-0.4, -0.2) is 45.3 Å². The van der Waals surface area contributed by atoms with E-state index in [1.807, 2.05) is 4.98 Å². The number of rotatable bonds is 1. The lowest BCUT2D eigenvalue weighted by Gasteiger charge is -2.40. The van der Waals surface area contributed by atoms with Crippen molar-refractivity contribution in [3.05, 3.63) is 32.6 Å². The summed E-state index contributed by atoms with van der Waals surface area (Å²) in [5.74, 6) is -0.831. The van der Waals surface area contributed by atoms with Crippen molar-refractivity contribution in [2.75, 3.05) is 13.1 Å². The second-order valence-corrected chi connectivity index (χ2v) is 4.77. The highest BCUT2D eigenvalue weighted by Crippen LogP contribution is 2.19. The molecule has 0 saturated carbocycles. The van der Waals surface area contributed by atoms with Gasteiger partial charge in [0.15, 0.2) is 0 Å². The molecule has 0 atom stereocenters. The van der Waals surface area contributed by atoms with Crippen LogP contribution in [0.4, 0.5) is 0 Å². The van der Waals surface area contributed by atoms with E-state index in [1.54, 1.807) is 13.8 Å². The molecule has 0 bridgehead atoms. The van der Waals surface area contributed by atoms with Crippen LogP contribution in [0.1, 0.15) is 24.3 Å². The van der Waals surface area contributed by atoms with Crippen LogP contribution in [0.15, 0.2) is 15.7 Å². The van der Waals surface area contributed by atoms with E-state index in [0.717, 1.165) is 6.07 Å². The highest BCUT2D eigenvalue weighted by atomic mass is 16.2. The van der Waals surface area contributed by atoms with Crippen LogP contribution < -0.4 is 16.6 Å². The number of aromatic amines is 2. The van der Waals surface area contributed by atoms with Crippen LogP contribution in [0.25, 0.3) is 0 Å². The number of H-pyrrole nitrogens is 2. The Morgan fingerprint density at radius 2 is 1.95 bits per heavy atom. The van der Waals surface area contributed by atoms with E-state index >= 15 is 0 Å². The van der Waals surface area contributed by atoms with E-state index in [2.05, 4.69) is 10.3 Å². The van der Waals surface area contributed by atoms with Crippen molar-refractivity contribution in [1.82, 2.24) is 20.2 Å². The molecule has 102 valence electrons. The number of hydrogen-bond acceptors (Lipinski definition) is 4. The molecule has 1 fully saturated rings. The van der Waals surface area contributed by atoms with Crippen LogP contribution >= 0.6 is 0 Å². The molecule has 0 unspecified atom stereocenters. The van der Waals surface area contributed by atoms with Gasteiger partial charge >= 0.3 is 5.69 Å². The summed E-state index contributed by atoms with van der Waals surface area (Å²) in [5.41, 5.74) is -2.58. The first-order valence-corrected chi connectivity index (χ1v) is 5.76. The third-order valence-electron chi connectivity index (χ3n) is 3.09. The first-order chi connectivity index (χ1) is 8.82. The zero-order valence-electron chi connectivity index (χ0n) is 10.6. The molecule has 19 heavy (non-hydrogen) atoms. The van der Waals surface area contributed by atoms with Crippen molar-refractivity contribution in [3.63, 3.8) is 0 Å². The molecule has 2 rings (SSSR count). The Bertz CT molecular complexity index is 614. The highest BCUT2D eigenvalue weighted by molar-refractivity contribution is 5.98. The minimum Gasteiger partial charge on any atom is -0.352 e. The van der Waals surface area contributed by atoms with Gasteiger partial charge in [0.2, 0.25) is 5.91 Å². The van der Waals surface area contributed by atoms with Crippen molar-refractivity contribution >= 4 is 11.8 Å². The van der Waals surface area contributed by atoms with E-state index < -0.39 is 22.7 Å². The normalized spacial score (nSPS) is 18.0. The SMILES string of the molecule is CC1(C)C(=O)NCCN1C(=O)c1cc(=O)[nH]c(=O)[nH]1. The van der Waals surface area contributed by atoms with Gasteiger partial charge in [0.1, 0.15) is 11.2 Å². The smallest absolute Gasteiger partial charge is 0.326 e. The fourth-order valence-electron chi connectivity index (χ4n) is 1.98. The van der Waals surface area contributed by atoms with Crippen LogP contribution in [0.5, 0.6) is 0 Å². The molecule has 1 aliphatic heterocycles. The largest absolute Gasteiger partial charge is 0.352 e. The van der Waals surface area contributed by atoms with Gasteiger partial charge in [-0.3, -0.25) is 19.4 Å². The lowest BCUT2D eigenvalue weighted by Crippen LogP contribution is -2.63. The van der Waals surface area contributed by atoms with E-state index in [0.29, 0.717) is 13.1 Å². The van der Waals surface area contributed by atoms with E-state index in [9.17, 15) is 19.2 Å². The minimum absolute atomic E-state index is 0.128.